The Labute approximate surface area is 73.5 Å². The molecular weight excluding hydrogens is 160 g/mol. The first-order chi connectivity index (χ1) is 4.56. The lowest BCUT2D eigenvalue weighted by Gasteiger charge is -2.30. The van der Waals surface area contributed by atoms with Gasteiger partial charge in [0.15, 0.2) is 0 Å². The molecule has 0 spiro atoms. The highest BCUT2D eigenvalue weighted by Gasteiger charge is 2.26. The molecule has 62 valence electrons. The first-order valence-electron chi connectivity index (χ1n) is 3.76. The second kappa shape index (κ2) is 4.55. The smallest absolute Gasteiger partial charge is 0.0602 e. The summed E-state index contributed by atoms with van der Waals surface area (Å²) in [4.78, 5) is 0. The highest BCUT2D eigenvalue weighted by Crippen LogP contribution is 2.41. The van der Waals surface area contributed by atoms with Gasteiger partial charge in [0.2, 0.25) is 0 Å². The fourth-order valence-electron chi connectivity index (χ4n) is 0.748. The van der Waals surface area contributed by atoms with Crippen molar-refractivity contribution >= 4 is 23.5 Å². The van der Waals surface area contributed by atoms with Gasteiger partial charge in [0, 0.05) is 0 Å². The molecule has 1 unspecified atom stereocenters. The minimum atomic E-state index is 0.425. The number of hydrogen-bond acceptors (Lipinski definition) is 2. The van der Waals surface area contributed by atoms with Crippen molar-refractivity contribution in [2.24, 2.45) is 5.92 Å². The van der Waals surface area contributed by atoms with Crippen LogP contribution in [0.1, 0.15) is 27.7 Å². The zero-order valence-corrected chi connectivity index (χ0v) is 9.23. The highest BCUT2D eigenvalue weighted by atomic mass is 32.2. The van der Waals surface area contributed by atoms with E-state index in [4.69, 9.17) is 0 Å². The van der Waals surface area contributed by atoms with Crippen LogP contribution >= 0.6 is 23.5 Å². The van der Waals surface area contributed by atoms with Gasteiger partial charge < -0.3 is 0 Å². The maximum Gasteiger partial charge on any atom is 0.0602 e. The number of rotatable bonds is 4. The van der Waals surface area contributed by atoms with Crippen LogP contribution in [0.2, 0.25) is 0 Å². The molecule has 1 atom stereocenters. The van der Waals surface area contributed by atoms with E-state index in [0.29, 0.717) is 4.08 Å². The van der Waals surface area contributed by atoms with Gasteiger partial charge >= 0.3 is 0 Å². The van der Waals surface area contributed by atoms with Crippen molar-refractivity contribution in [1.29, 1.82) is 0 Å². The van der Waals surface area contributed by atoms with Crippen LogP contribution in [0.5, 0.6) is 0 Å². The van der Waals surface area contributed by atoms with Gasteiger partial charge in [-0.2, -0.15) is 0 Å². The van der Waals surface area contributed by atoms with Gasteiger partial charge in [-0.15, -0.1) is 23.5 Å². The van der Waals surface area contributed by atoms with Crippen LogP contribution in [0.15, 0.2) is 0 Å². The average molecular weight is 178 g/mol. The fourth-order valence-corrected chi connectivity index (χ4v) is 2.95. The Morgan fingerprint density at radius 1 is 1.40 bits per heavy atom. The topological polar surface area (TPSA) is 0 Å². The number of thioether (sulfide) groups is 2. The molecular formula is C8H18S2. The summed E-state index contributed by atoms with van der Waals surface area (Å²) in [5.41, 5.74) is 0. The molecule has 0 fully saturated rings. The maximum absolute atomic E-state index is 2.33. The van der Waals surface area contributed by atoms with Gasteiger partial charge in [-0.25, -0.2) is 0 Å². The lowest BCUT2D eigenvalue weighted by atomic mass is 10.1. The standard InChI is InChI=1S/C8H18S2/c1-6-10-8(4,9-5)7(2)3/h7H,6H2,1-5H3. The van der Waals surface area contributed by atoms with Crippen molar-refractivity contribution in [2.45, 2.75) is 31.8 Å². The maximum atomic E-state index is 2.33. The summed E-state index contributed by atoms with van der Waals surface area (Å²) in [6.45, 7) is 9.14. The minimum absolute atomic E-state index is 0.425. The van der Waals surface area contributed by atoms with Crippen LogP contribution in [0.4, 0.5) is 0 Å². The van der Waals surface area contributed by atoms with Crippen molar-refractivity contribution in [2.75, 3.05) is 12.0 Å². The highest BCUT2D eigenvalue weighted by molar-refractivity contribution is 8.17. The lowest BCUT2D eigenvalue weighted by Crippen LogP contribution is -2.22. The quantitative estimate of drug-likeness (QED) is 0.605. The molecule has 0 radical (unpaired) electrons. The Hall–Kier alpha value is 0.700. The minimum Gasteiger partial charge on any atom is -0.148 e. The molecule has 0 aliphatic rings. The van der Waals surface area contributed by atoms with Crippen LogP contribution in [0, 0.1) is 5.92 Å². The molecule has 10 heavy (non-hydrogen) atoms. The van der Waals surface area contributed by atoms with E-state index in [-0.39, 0.29) is 0 Å². The Balaban J connectivity index is 3.94. The molecule has 0 aromatic heterocycles. The second-order valence-corrected chi connectivity index (χ2v) is 6.04. The van der Waals surface area contributed by atoms with Crippen LogP contribution in [0.25, 0.3) is 0 Å². The molecule has 0 N–H and O–H groups in total. The molecule has 0 amide bonds. The summed E-state index contributed by atoms with van der Waals surface area (Å²) in [5.74, 6) is 1.97. The first-order valence-corrected chi connectivity index (χ1v) is 5.97. The monoisotopic (exact) mass is 178 g/mol. The van der Waals surface area contributed by atoms with Crippen molar-refractivity contribution in [3.63, 3.8) is 0 Å². The van der Waals surface area contributed by atoms with Crippen molar-refractivity contribution < 1.29 is 0 Å². The number of hydrogen-bond donors (Lipinski definition) is 0. The van der Waals surface area contributed by atoms with Gasteiger partial charge in [-0.1, -0.05) is 20.8 Å². The van der Waals surface area contributed by atoms with Crippen molar-refractivity contribution in [1.82, 2.24) is 0 Å². The van der Waals surface area contributed by atoms with Gasteiger partial charge in [0.05, 0.1) is 4.08 Å². The predicted molar refractivity (Wildman–Crippen MR) is 54.9 cm³/mol. The van der Waals surface area contributed by atoms with E-state index in [0.717, 1.165) is 5.92 Å². The molecule has 0 rings (SSSR count). The molecule has 0 saturated carbocycles. The summed E-state index contributed by atoms with van der Waals surface area (Å²) in [6.07, 6.45) is 2.20. The Kier molecular flexibility index (Phi) is 4.87. The summed E-state index contributed by atoms with van der Waals surface area (Å²) >= 11 is 4.02. The Morgan fingerprint density at radius 3 is 2.00 bits per heavy atom. The van der Waals surface area contributed by atoms with Gasteiger partial charge in [-0.05, 0) is 24.9 Å². The van der Waals surface area contributed by atoms with Crippen LogP contribution < -0.4 is 0 Å². The van der Waals surface area contributed by atoms with E-state index in [1.54, 1.807) is 0 Å². The third-order valence-corrected chi connectivity index (χ3v) is 5.35. The third kappa shape index (κ3) is 2.75. The largest absolute Gasteiger partial charge is 0.148 e. The predicted octanol–water partition coefficient (Wildman–Crippen LogP) is 3.47. The van der Waals surface area contributed by atoms with Gasteiger partial charge in [0.25, 0.3) is 0 Å². The molecule has 0 aliphatic carbocycles. The zero-order valence-electron chi connectivity index (χ0n) is 7.60. The molecule has 0 aromatic carbocycles. The average Bonchev–Trinajstić information content (AvgIpc) is 1.88. The molecule has 0 heterocycles. The summed E-state index contributed by atoms with van der Waals surface area (Å²) in [6, 6.07) is 0. The molecule has 0 aromatic rings. The van der Waals surface area contributed by atoms with E-state index >= 15 is 0 Å². The molecule has 0 bridgehead atoms. The van der Waals surface area contributed by atoms with Gasteiger partial charge in [-0.3, -0.25) is 0 Å². The van der Waals surface area contributed by atoms with E-state index in [1.165, 1.54) is 5.75 Å². The van der Waals surface area contributed by atoms with E-state index < -0.39 is 0 Å². The lowest BCUT2D eigenvalue weighted by molar-refractivity contribution is 0.605. The van der Waals surface area contributed by atoms with E-state index in [2.05, 4.69) is 34.0 Å². The zero-order chi connectivity index (χ0) is 8.20. The second-order valence-electron chi connectivity index (χ2n) is 2.81. The molecule has 2 heteroatoms. The first kappa shape index (κ1) is 10.7. The van der Waals surface area contributed by atoms with Crippen LogP contribution in [0.3, 0.4) is 0 Å². The van der Waals surface area contributed by atoms with Gasteiger partial charge in [0.1, 0.15) is 0 Å². The molecule has 0 aliphatic heterocycles. The Bertz CT molecular complexity index is 91.3. The van der Waals surface area contributed by atoms with E-state index in [9.17, 15) is 0 Å². The van der Waals surface area contributed by atoms with E-state index in [1.807, 2.05) is 23.5 Å². The van der Waals surface area contributed by atoms with Crippen molar-refractivity contribution in [3.8, 4) is 0 Å². The van der Waals surface area contributed by atoms with Crippen LogP contribution in [-0.2, 0) is 0 Å². The normalized spacial score (nSPS) is 17.4. The molecule has 0 nitrogen and oxygen atoms in total. The summed E-state index contributed by atoms with van der Waals surface area (Å²) in [5, 5.41) is 0. The summed E-state index contributed by atoms with van der Waals surface area (Å²) < 4.78 is 0.425. The SMILES string of the molecule is CCSC(C)(SC)C(C)C. The fraction of sp³-hybridized carbons (Fsp3) is 1.00. The molecule has 0 saturated heterocycles. The Morgan fingerprint density at radius 2 is 1.90 bits per heavy atom. The summed E-state index contributed by atoms with van der Waals surface area (Å²) in [7, 11) is 0. The van der Waals surface area contributed by atoms with Crippen molar-refractivity contribution in [3.05, 3.63) is 0 Å². The van der Waals surface area contributed by atoms with Crippen LogP contribution in [-0.4, -0.2) is 16.1 Å². The third-order valence-electron chi connectivity index (χ3n) is 1.88.